The van der Waals surface area contributed by atoms with Gasteiger partial charge in [-0.25, -0.2) is 0 Å². The quantitative estimate of drug-likeness (QED) is 0.754. The molecule has 1 N–H and O–H groups in total. The van der Waals surface area contributed by atoms with Gasteiger partial charge in [-0.2, -0.15) is 0 Å². The van der Waals surface area contributed by atoms with Crippen LogP contribution in [0.3, 0.4) is 0 Å². The maximum atomic E-state index is 3.77. The third-order valence-corrected chi connectivity index (χ3v) is 5.41. The van der Waals surface area contributed by atoms with E-state index in [1.54, 1.807) is 0 Å². The second-order valence-electron chi connectivity index (χ2n) is 6.57. The van der Waals surface area contributed by atoms with Gasteiger partial charge in [0.15, 0.2) is 0 Å². The Labute approximate surface area is 120 Å². The van der Waals surface area contributed by atoms with E-state index in [0.717, 1.165) is 24.5 Å². The molecule has 0 aromatic carbocycles. The molecular weight excluding hydrogens is 232 g/mol. The Bertz CT molecular complexity index is 248. The standard InChI is InChI=1S/C17H34N2/c1-4-9-15(18-6-3)16(5-2)19-13-8-11-14-10-7-12-17(14)19/h14-18H,4-13H2,1-3H3. The van der Waals surface area contributed by atoms with Gasteiger partial charge in [0.1, 0.15) is 0 Å². The molecule has 2 rings (SSSR count). The summed E-state index contributed by atoms with van der Waals surface area (Å²) >= 11 is 0. The summed E-state index contributed by atoms with van der Waals surface area (Å²) in [5.41, 5.74) is 0. The van der Waals surface area contributed by atoms with Crippen molar-refractivity contribution in [2.45, 2.75) is 90.3 Å². The molecule has 0 aromatic rings. The van der Waals surface area contributed by atoms with E-state index < -0.39 is 0 Å². The van der Waals surface area contributed by atoms with E-state index in [-0.39, 0.29) is 0 Å². The maximum absolute atomic E-state index is 3.77. The molecule has 2 nitrogen and oxygen atoms in total. The van der Waals surface area contributed by atoms with Crippen LogP contribution >= 0.6 is 0 Å². The average molecular weight is 266 g/mol. The second kappa shape index (κ2) is 7.64. The van der Waals surface area contributed by atoms with Crippen molar-refractivity contribution in [3.8, 4) is 0 Å². The Hall–Kier alpha value is -0.0800. The molecule has 0 radical (unpaired) electrons. The molecule has 4 unspecified atom stereocenters. The number of nitrogens with one attached hydrogen (secondary N) is 1. The minimum atomic E-state index is 0.708. The maximum Gasteiger partial charge on any atom is 0.0249 e. The monoisotopic (exact) mass is 266 g/mol. The minimum absolute atomic E-state index is 0.708. The van der Waals surface area contributed by atoms with E-state index in [1.807, 2.05) is 0 Å². The summed E-state index contributed by atoms with van der Waals surface area (Å²) in [6.45, 7) is 9.44. The van der Waals surface area contributed by atoms with Gasteiger partial charge in [-0.3, -0.25) is 4.90 Å². The number of piperidine rings is 1. The Morgan fingerprint density at radius 3 is 2.58 bits per heavy atom. The molecule has 2 aliphatic rings. The molecule has 0 spiro atoms. The number of nitrogens with zero attached hydrogens (tertiary/aromatic N) is 1. The van der Waals surface area contributed by atoms with Crippen LogP contribution in [0, 0.1) is 5.92 Å². The normalized spacial score (nSPS) is 31.1. The van der Waals surface area contributed by atoms with Crippen molar-refractivity contribution in [3.63, 3.8) is 0 Å². The highest BCUT2D eigenvalue weighted by Crippen LogP contribution is 2.38. The Morgan fingerprint density at radius 2 is 1.89 bits per heavy atom. The summed E-state index contributed by atoms with van der Waals surface area (Å²) in [6.07, 6.45) is 11.3. The van der Waals surface area contributed by atoms with Gasteiger partial charge in [-0.05, 0) is 57.5 Å². The van der Waals surface area contributed by atoms with E-state index >= 15 is 0 Å². The van der Waals surface area contributed by atoms with E-state index in [0.29, 0.717) is 6.04 Å². The zero-order valence-corrected chi connectivity index (χ0v) is 13.3. The van der Waals surface area contributed by atoms with Crippen LogP contribution in [-0.2, 0) is 0 Å². The number of likely N-dealkylation sites (N-methyl/N-ethyl adjacent to an activating group) is 1. The average Bonchev–Trinajstić information content (AvgIpc) is 2.89. The summed E-state index contributed by atoms with van der Waals surface area (Å²) in [5.74, 6) is 1.02. The zero-order valence-electron chi connectivity index (χ0n) is 13.3. The molecule has 1 aliphatic heterocycles. The molecule has 0 aromatic heterocycles. The van der Waals surface area contributed by atoms with Crippen LogP contribution in [0.1, 0.15) is 72.1 Å². The van der Waals surface area contributed by atoms with Crippen LogP contribution in [0.25, 0.3) is 0 Å². The number of likely N-dealkylation sites (tertiary alicyclic amines) is 1. The fraction of sp³-hybridized carbons (Fsp3) is 1.00. The van der Waals surface area contributed by atoms with Gasteiger partial charge in [0.2, 0.25) is 0 Å². The molecule has 1 heterocycles. The smallest absolute Gasteiger partial charge is 0.0249 e. The fourth-order valence-corrected chi connectivity index (χ4v) is 4.66. The van der Waals surface area contributed by atoms with Crippen LogP contribution in [-0.4, -0.2) is 36.1 Å². The topological polar surface area (TPSA) is 15.3 Å². The van der Waals surface area contributed by atoms with Crippen LogP contribution in [0.15, 0.2) is 0 Å². The molecule has 1 aliphatic carbocycles. The predicted octanol–water partition coefficient (Wildman–Crippen LogP) is 3.81. The highest BCUT2D eigenvalue weighted by molar-refractivity contribution is 4.95. The van der Waals surface area contributed by atoms with E-state index in [9.17, 15) is 0 Å². The highest BCUT2D eigenvalue weighted by Gasteiger charge is 2.39. The number of rotatable bonds is 7. The summed E-state index contributed by atoms with van der Waals surface area (Å²) in [4.78, 5) is 2.91. The lowest BCUT2D eigenvalue weighted by Crippen LogP contribution is -2.56. The molecule has 2 heteroatoms. The Morgan fingerprint density at radius 1 is 1.11 bits per heavy atom. The van der Waals surface area contributed by atoms with E-state index in [1.165, 1.54) is 57.9 Å². The third kappa shape index (κ3) is 3.52. The molecule has 19 heavy (non-hydrogen) atoms. The molecule has 1 saturated heterocycles. The third-order valence-electron chi connectivity index (χ3n) is 5.41. The van der Waals surface area contributed by atoms with Gasteiger partial charge >= 0.3 is 0 Å². The predicted molar refractivity (Wildman–Crippen MR) is 83.5 cm³/mol. The first kappa shape index (κ1) is 15.3. The minimum Gasteiger partial charge on any atom is -0.313 e. The van der Waals surface area contributed by atoms with Crippen molar-refractivity contribution in [2.24, 2.45) is 5.92 Å². The van der Waals surface area contributed by atoms with Gasteiger partial charge < -0.3 is 5.32 Å². The van der Waals surface area contributed by atoms with Crippen LogP contribution < -0.4 is 5.32 Å². The molecular formula is C17H34N2. The van der Waals surface area contributed by atoms with Gasteiger partial charge in [-0.1, -0.05) is 33.6 Å². The van der Waals surface area contributed by atoms with Crippen LogP contribution in [0.4, 0.5) is 0 Å². The highest BCUT2D eigenvalue weighted by atomic mass is 15.2. The molecule has 112 valence electrons. The number of hydrogen-bond acceptors (Lipinski definition) is 2. The molecule has 1 saturated carbocycles. The molecule has 4 atom stereocenters. The second-order valence-corrected chi connectivity index (χ2v) is 6.57. The lowest BCUT2D eigenvalue weighted by molar-refractivity contribution is 0.0450. The first-order valence-electron chi connectivity index (χ1n) is 8.80. The number of hydrogen-bond donors (Lipinski definition) is 1. The molecule has 2 fully saturated rings. The summed E-state index contributed by atoms with van der Waals surface area (Å²) in [6, 6.07) is 2.39. The van der Waals surface area contributed by atoms with Gasteiger partial charge in [-0.15, -0.1) is 0 Å². The van der Waals surface area contributed by atoms with Crippen molar-refractivity contribution in [1.29, 1.82) is 0 Å². The fourth-order valence-electron chi connectivity index (χ4n) is 4.66. The largest absolute Gasteiger partial charge is 0.313 e. The van der Waals surface area contributed by atoms with Crippen LogP contribution in [0.2, 0.25) is 0 Å². The van der Waals surface area contributed by atoms with Gasteiger partial charge in [0, 0.05) is 18.1 Å². The van der Waals surface area contributed by atoms with Crippen LogP contribution in [0.5, 0.6) is 0 Å². The summed E-state index contributed by atoms with van der Waals surface area (Å²) in [7, 11) is 0. The molecule has 0 amide bonds. The van der Waals surface area contributed by atoms with Crippen molar-refractivity contribution in [2.75, 3.05) is 13.1 Å². The van der Waals surface area contributed by atoms with Crippen molar-refractivity contribution in [3.05, 3.63) is 0 Å². The van der Waals surface area contributed by atoms with Crippen molar-refractivity contribution < 1.29 is 0 Å². The zero-order chi connectivity index (χ0) is 13.7. The van der Waals surface area contributed by atoms with Crippen molar-refractivity contribution in [1.82, 2.24) is 10.2 Å². The Balaban J connectivity index is 2.05. The van der Waals surface area contributed by atoms with Crippen molar-refractivity contribution >= 4 is 0 Å². The summed E-state index contributed by atoms with van der Waals surface area (Å²) in [5, 5.41) is 3.77. The number of fused-ring (bicyclic) bond motifs is 1. The Kier molecular flexibility index (Phi) is 6.15. The van der Waals surface area contributed by atoms with Gasteiger partial charge in [0.05, 0.1) is 0 Å². The van der Waals surface area contributed by atoms with E-state index in [4.69, 9.17) is 0 Å². The summed E-state index contributed by atoms with van der Waals surface area (Å²) < 4.78 is 0. The molecule has 0 bridgehead atoms. The van der Waals surface area contributed by atoms with E-state index in [2.05, 4.69) is 31.0 Å². The first-order valence-corrected chi connectivity index (χ1v) is 8.80. The van der Waals surface area contributed by atoms with Gasteiger partial charge in [0.25, 0.3) is 0 Å². The lowest BCUT2D eigenvalue weighted by atomic mass is 9.88. The lowest BCUT2D eigenvalue weighted by Gasteiger charge is -2.45. The SMILES string of the molecule is CCCC(NCC)C(CC)N1CCCC2CCCC21. The first-order chi connectivity index (χ1) is 9.31.